The van der Waals surface area contributed by atoms with Crippen LogP contribution in [0.4, 0.5) is 5.82 Å². The highest BCUT2D eigenvalue weighted by atomic mass is 15.2. The Labute approximate surface area is 145 Å². The summed E-state index contributed by atoms with van der Waals surface area (Å²) in [7, 11) is 1.90. The Kier molecular flexibility index (Phi) is 3.09. The molecule has 0 saturated carbocycles. The van der Waals surface area contributed by atoms with E-state index in [2.05, 4.69) is 26.4 Å². The van der Waals surface area contributed by atoms with E-state index in [1.54, 1.807) is 4.68 Å². The molecule has 5 rings (SSSR count). The molecule has 7 nitrogen and oxygen atoms in total. The number of H-pyrrole nitrogens is 1. The molecule has 0 aromatic carbocycles. The van der Waals surface area contributed by atoms with Crippen molar-refractivity contribution in [3.05, 3.63) is 30.1 Å². The number of aryl methyl sites for hydroxylation is 1. The van der Waals surface area contributed by atoms with Gasteiger partial charge in [-0.3, -0.25) is 4.68 Å². The molecule has 25 heavy (non-hydrogen) atoms. The van der Waals surface area contributed by atoms with Gasteiger partial charge in [-0.15, -0.1) is 0 Å². The fraction of sp³-hybridized carbons (Fsp3) is 0.389. The van der Waals surface area contributed by atoms with Crippen LogP contribution in [0.15, 0.2) is 24.5 Å². The second-order valence-electron chi connectivity index (χ2n) is 7.08. The molecule has 126 valence electrons. The quantitative estimate of drug-likeness (QED) is 0.742. The molecule has 2 aliphatic heterocycles. The summed E-state index contributed by atoms with van der Waals surface area (Å²) in [5, 5.41) is 18.2. The molecule has 0 radical (unpaired) electrons. The molecular formula is C18H19N7. The van der Waals surface area contributed by atoms with Gasteiger partial charge in [0, 0.05) is 50.4 Å². The number of aromatic amines is 1. The van der Waals surface area contributed by atoms with E-state index in [1.807, 2.05) is 31.6 Å². The third-order valence-corrected chi connectivity index (χ3v) is 5.41. The van der Waals surface area contributed by atoms with Crippen molar-refractivity contribution in [2.24, 2.45) is 18.9 Å². The monoisotopic (exact) mass is 333 g/mol. The molecule has 3 aromatic rings. The molecular weight excluding hydrogens is 314 g/mol. The van der Waals surface area contributed by atoms with Crippen molar-refractivity contribution in [2.45, 2.75) is 0 Å². The second kappa shape index (κ2) is 5.33. The van der Waals surface area contributed by atoms with Crippen LogP contribution in [0, 0.1) is 23.2 Å². The topological polar surface area (TPSA) is 85.6 Å². The lowest BCUT2D eigenvalue weighted by Crippen LogP contribution is -2.26. The number of hydrogen-bond acceptors (Lipinski definition) is 5. The van der Waals surface area contributed by atoms with E-state index in [0.29, 0.717) is 17.4 Å². The Morgan fingerprint density at radius 2 is 2.04 bits per heavy atom. The second-order valence-corrected chi connectivity index (χ2v) is 7.08. The van der Waals surface area contributed by atoms with Crippen LogP contribution < -0.4 is 10.2 Å². The van der Waals surface area contributed by atoms with Gasteiger partial charge in [-0.25, -0.2) is 4.98 Å². The van der Waals surface area contributed by atoms with Crippen molar-refractivity contribution in [2.75, 3.05) is 31.1 Å². The van der Waals surface area contributed by atoms with E-state index < -0.39 is 0 Å². The SMILES string of the molecule is Cn1cc(-c2cc3cc(C#N)c(N4C[C@H]5CNC[C@H]5C4)nc3[nH]2)cn1. The summed E-state index contributed by atoms with van der Waals surface area (Å²) in [5.41, 5.74) is 3.46. The molecule has 0 amide bonds. The summed E-state index contributed by atoms with van der Waals surface area (Å²) < 4.78 is 1.78. The Bertz CT molecular complexity index is 981. The van der Waals surface area contributed by atoms with Gasteiger partial charge in [0.25, 0.3) is 0 Å². The normalized spacial score (nSPS) is 22.5. The van der Waals surface area contributed by atoms with E-state index in [0.717, 1.165) is 54.3 Å². The lowest BCUT2D eigenvalue weighted by Gasteiger charge is -2.19. The van der Waals surface area contributed by atoms with Crippen molar-refractivity contribution in [1.82, 2.24) is 25.1 Å². The minimum absolute atomic E-state index is 0.650. The average molecular weight is 333 g/mol. The van der Waals surface area contributed by atoms with Crippen molar-refractivity contribution in [3.8, 4) is 17.3 Å². The molecule has 2 atom stereocenters. The number of pyridine rings is 1. The maximum Gasteiger partial charge on any atom is 0.149 e. The molecule has 7 heteroatoms. The maximum absolute atomic E-state index is 9.62. The third kappa shape index (κ3) is 2.29. The molecule has 3 aromatic heterocycles. The Morgan fingerprint density at radius 3 is 2.72 bits per heavy atom. The zero-order chi connectivity index (χ0) is 17.0. The van der Waals surface area contributed by atoms with Crippen LogP contribution in [0.5, 0.6) is 0 Å². The summed E-state index contributed by atoms with van der Waals surface area (Å²) in [6.07, 6.45) is 3.79. The summed E-state index contributed by atoms with van der Waals surface area (Å²) in [5.74, 6) is 2.14. The predicted octanol–water partition coefficient (Wildman–Crippen LogP) is 1.49. The Balaban J connectivity index is 1.56. The van der Waals surface area contributed by atoms with Gasteiger partial charge in [-0.1, -0.05) is 0 Å². The Morgan fingerprint density at radius 1 is 1.24 bits per heavy atom. The highest BCUT2D eigenvalue weighted by Crippen LogP contribution is 2.33. The highest BCUT2D eigenvalue weighted by molar-refractivity contribution is 5.86. The molecule has 2 fully saturated rings. The van der Waals surface area contributed by atoms with Gasteiger partial charge < -0.3 is 15.2 Å². The number of rotatable bonds is 2. The minimum atomic E-state index is 0.650. The zero-order valence-corrected chi connectivity index (χ0v) is 14.0. The lowest BCUT2D eigenvalue weighted by atomic mass is 10.0. The van der Waals surface area contributed by atoms with Crippen molar-refractivity contribution < 1.29 is 0 Å². The van der Waals surface area contributed by atoms with Gasteiger partial charge in [0.1, 0.15) is 17.5 Å². The van der Waals surface area contributed by atoms with Crippen LogP contribution in [0.3, 0.4) is 0 Å². The van der Waals surface area contributed by atoms with Crippen LogP contribution in [0.2, 0.25) is 0 Å². The van der Waals surface area contributed by atoms with Crippen molar-refractivity contribution >= 4 is 16.9 Å². The van der Waals surface area contributed by atoms with E-state index in [1.165, 1.54) is 0 Å². The highest BCUT2D eigenvalue weighted by Gasteiger charge is 2.37. The van der Waals surface area contributed by atoms with Crippen molar-refractivity contribution in [1.29, 1.82) is 5.26 Å². The Hall–Kier alpha value is -2.85. The first-order chi connectivity index (χ1) is 12.2. The van der Waals surface area contributed by atoms with Gasteiger partial charge >= 0.3 is 0 Å². The van der Waals surface area contributed by atoms with Crippen LogP contribution >= 0.6 is 0 Å². The molecule has 5 heterocycles. The van der Waals surface area contributed by atoms with Crippen LogP contribution in [-0.4, -0.2) is 45.9 Å². The molecule has 0 bridgehead atoms. The van der Waals surface area contributed by atoms with Gasteiger partial charge in [0.05, 0.1) is 17.5 Å². The van der Waals surface area contributed by atoms with E-state index in [4.69, 9.17) is 4.98 Å². The first kappa shape index (κ1) is 14.5. The smallest absolute Gasteiger partial charge is 0.149 e. The van der Waals surface area contributed by atoms with Gasteiger partial charge in [0.2, 0.25) is 0 Å². The summed E-state index contributed by atoms with van der Waals surface area (Å²) in [6, 6.07) is 6.31. The van der Waals surface area contributed by atoms with Gasteiger partial charge in [0.15, 0.2) is 0 Å². The average Bonchev–Trinajstić information content (AvgIpc) is 3.35. The number of nitrogens with zero attached hydrogens (tertiary/aromatic N) is 5. The standard InChI is InChI=1S/C18H19N7/c1-24-8-15(7-21-24)16-3-11-2-12(4-19)18(23-17(11)22-16)25-9-13-5-20-6-14(13)10-25/h2-3,7-8,13-14,20H,5-6,9-10H2,1H3,(H,22,23)/t13-,14+. The fourth-order valence-corrected chi connectivity index (χ4v) is 4.12. The number of fused-ring (bicyclic) bond motifs is 2. The minimum Gasteiger partial charge on any atom is -0.355 e. The molecule has 0 unspecified atom stereocenters. The van der Waals surface area contributed by atoms with E-state index in [9.17, 15) is 5.26 Å². The number of nitriles is 1. The molecule has 0 spiro atoms. The molecule has 2 saturated heterocycles. The van der Waals surface area contributed by atoms with Gasteiger partial charge in [-0.2, -0.15) is 10.4 Å². The van der Waals surface area contributed by atoms with Gasteiger partial charge in [-0.05, 0) is 24.0 Å². The largest absolute Gasteiger partial charge is 0.355 e. The van der Waals surface area contributed by atoms with Crippen LogP contribution in [-0.2, 0) is 7.05 Å². The molecule has 2 N–H and O–H groups in total. The summed E-state index contributed by atoms with van der Waals surface area (Å²) >= 11 is 0. The first-order valence-electron chi connectivity index (χ1n) is 8.60. The maximum atomic E-state index is 9.62. The van der Waals surface area contributed by atoms with E-state index >= 15 is 0 Å². The van der Waals surface area contributed by atoms with Crippen LogP contribution in [0.25, 0.3) is 22.3 Å². The zero-order valence-electron chi connectivity index (χ0n) is 14.0. The van der Waals surface area contributed by atoms with Crippen LogP contribution in [0.1, 0.15) is 5.56 Å². The predicted molar refractivity (Wildman–Crippen MR) is 95.1 cm³/mol. The summed E-state index contributed by atoms with van der Waals surface area (Å²) in [6.45, 7) is 4.08. The lowest BCUT2D eigenvalue weighted by molar-refractivity contribution is 0.533. The van der Waals surface area contributed by atoms with E-state index in [-0.39, 0.29) is 0 Å². The number of aromatic nitrogens is 4. The number of hydrogen-bond donors (Lipinski definition) is 2. The summed E-state index contributed by atoms with van der Waals surface area (Å²) in [4.78, 5) is 10.5. The number of nitrogens with one attached hydrogen (secondary N) is 2. The number of anilines is 1. The third-order valence-electron chi connectivity index (χ3n) is 5.41. The molecule has 0 aliphatic carbocycles. The fourth-order valence-electron chi connectivity index (χ4n) is 4.12. The van der Waals surface area contributed by atoms with Crippen molar-refractivity contribution in [3.63, 3.8) is 0 Å². The first-order valence-corrected chi connectivity index (χ1v) is 8.60. The molecule has 2 aliphatic rings.